The molecule has 1 aromatic rings. The van der Waals surface area contributed by atoms with Crippen molar-refractivity contribution in [3.63, 3.8) is 0 Å². The van der Waals surface area contributed by atoms with Gasteiger partial charge >= 0.3 is 0 Å². The van der Waals surface area contributed by atoms with Gasteiger partial charge in [-0.25, -0.2) is 0 Å². The third-order valence-corrected chi connectivity index (χ3v) is 2.30. The molecule has 0 aliphatic carbocycles. The number of hydrogen-bond donors (Lipinski definition) is 1. The summed E-state index contributed by atoms with van der Waals surface area (Å²) in [4.78, 5) is 0. The molecule has 0 saturated carbocycles. The zero-order chi connectivity index (χ0) is 9.84. The van der Waals surface area contributed by atoms with Gasteiger partial charge in [0.1, 0.15) is 5.75 Å². The van der Waals surface area contributed by atoms with E-state index in [0.717, 1.165) is 15.8 Å². The van der Waals surface area contributed by atoms with Crippen LogP contribution in [0.1, 0.15) is 11.6 Å². The summed E-state index contributed by atoms with van der Waals surface area (Å²) < 4.78 is 6.16. The first-order valence-electron chi connectivity index (χ1n) is 3.90. The minimum atomic E-state index is -0.188. The molecule has 0 saturated heterocycles. The van der Waals surface area contributed by atoms with Crippen LogP contribution >= 0.6 is 28.3 Å². The Hall–Kier alpha value is -0.510. The molecule has 0 bridgehead atoms. The quantitative estimate of drug-likeness (QED) is 0.863. The van der Waals surface area contributed by atoms with Gasteiger partial charge in [-0.2, -0.15) is 0 Å². The van der Waals surface area contributed by atoms with Crippen LogP contribution in [0.25, 0.3) is 0 Å². The Labute approximate surface area is 98.7 Å². The Morgan fingerprint density at radius 3 is 2.71 bits per heavy atom. The molecule has 0 radical (unpaired) electrons. The SMILES string of the molecule is C=C[C@@H](N)c1cc(Br)ccc1OC.Cl. The molecule has 0 spiro atoms. The van der Waals surface area contributed by atoms with Gasteiger partial charge < -0.3 is 10.5 Å². The summed E-state index contributed by atoms with van der Waals surface area (Å²) >= 11 is 3.38. The topological polar surface area (TPSA) is 35.2 Å². The summed E-state index contributed by atoms with van der Waals surface area (Å²) in [7, 11) is 1.63. The van der Waals surface area contributed by atoms with Gasteiger partial charge in [0.25, 0.3) is 0 Å². The van der Waals surface area contributed by atoms with Crippen molar-refractivity contribution in [2.24, 2.45) is 5.73 Å². The van der Waals surface area contributed by atoms with Crippen LogP contribution in [-0.2, 0) is 0 Å². The Balaban J connectivity index is 0.00000169. The van der Waals surface area contributed by atoms with Gasteiger partial charge in [-0.15, -0.1) is 19.0 Å². The van der Waals surface area contributed by atoms with Crippen LogP contribution < -0.4 is 10.5 Å². The van der Waals surface area contributed by atoms with Gasteiger partial charge in [0.05, 0.1) is 13.2 Å². The van der Waals surface area contributed by atoms with E-state index in [4.69, 9.17) is 10.5 Å². The van der Waals surface area contributed by atoms with Gasteiger partial charge in [0.2, 0.25) is 0 Å². The molecular formula is C10H13BrClNO. The molecule has 0 unspecified atom stereocenters. The van der Waals surface area contributed by atoms with Crippen molar-refractivity contribution in [1.29, 1.82) is 0 Å². The lowest BCUT2D eigenvalue weighted by molar-refractivity contribution is 0.408. The van der Waals surface area contributed by atoms with Gasteiger partial charge in [0.15, 0.2) is 0 Å². The van der Waals surface area contributed by atoms with Crippen molar-refractivity contribution in [2.75, 3.05) is 7.11 Å². The lowest BCUT2D eigenvalue weighted by Gasteiger charge is -2.12. The summed E-state index contributed by atoms with van der Waals surface area (Å²) in [6.07, 6.45) is 1.68. The van der Waals surface area contributed by atoms with Crippen LogP contribution in [-0.4, -0.2) is 7.11 Å². The monoisotopic (exact) mass is 277 g/mol. The fraction of sp³-hybridized carbons (Fsp3) is 0.200. The second-order valence-corrected chi connectivity index (χ2v) is 3.56. The Morgan fingerprint density at radius 2 is 2.21 bits per heavy atom. The van der Waals surface area contributed by atoms with Crippen LogP contribution in [0, 0.1) is 0 Å². The van der Waals surface area contributed by atoms with Crippen molar-refractivity contribution in [1.82, 2.24) is 0 Å². The number of halogens is 2. The first kappa shape index (κ1) is 13.5. The lowest BCUT2D eigenvalue weighted by atomic mass is 10.1. The average molecular weight is 279 g/mol. The zero-order valence-corrected chi connectivity index (χ0v) is 10.3. The molecule has 78 valence electrons. The predicted molar refractivity (Wildman–Crippen MR) is 65.1 cm³/mol. The molecule has 2 N–H and O–H groups in total. The molecule has 1 atom stereocenters. The highest BCUT2D eigenvalue weighted by Gasteiger charge is 2.08. The fourth-order valence-corrected chi connectivity index (χ4v) is 1.47. The first-order valence-corrected chi connectivity index (χ1v) is 4.70. The number of nitrogens with two attached hydrogens (primary N) is 1. The van der Waals surface area contributed by atoms with Gasteiger partial charge in [-0.1, -0.05) is 22.0 Å². The minimum Gasteiger partial charge on any atom is -0.496 e. The van der Waals surface area contributed by atoms with Gasteiger partial charge in [-0.05, 0) is 18.2 Å². The maximum absolute atomic E-state index is 5.82. The molecule has 0 aliphatic heterocycles. The van der Waals surface area contributed by atoms with E-state index < -0.39 is 0 Å². The van der Waals surface area contributed by atoms with E-state index in [-0.39, 0.29) is 18.4 Å². The van der Waals surface area contributed by atoms with E-state index in [0.29, 0.717) is 0 Å². The Morgan fingerprint density at radius 1 is 1.57 bits per heavy atom. The number of methoxy groups -OCH3 is 1. The summed E-state index contributed by atoms with van der Waals surface area (Å²) in [5.74, 6) is 0.788. The molecule has 2 nitrogen and oxygen atoms in total. The molecular weight excluding hydrogens is 265 g/mol. The second-order valence-electron chi connectivity index (χ2n) is 2.65. The van der Waals surface area contributed by atoms with E-state index in [1.54, 1.807) is 13.2 Å². The summed E-state index contributed by atoms with van der Waals surface area (Å²) in [6.45, 7) is 3.65. The zero-order valence-electron chi connectivity index (χ0n) is 7.87. The third kappa shape index (κ3) is 3.01. The van der Waals surface area contributed by atoms with Crippen molar-refractivity contribution in [3.05, 3.63) is 40.9 Å². The maximum Gasteiger partial charge on any atom is 0.124 e. The number of ether oxygens (including phenoxy) is 1. The molecule has 0 heterocycles. The first-order chi connectivity index (χ1) is 6.19. The second kappa shape index (κ2) is 6.06. The fourth-order valence-electron chi connectivity index (χ4n) is 1.09. The Kier molecular flexibility index (Phi) is 5.84. The number of rotatable bonds is 3. The standard InChI is InChI=1S/C10H12BrNO.ClH/c1-3-9(12)8-6-7(11)4-5-10(8)13-2;/h3-6,9H,1,12H2,2H3;1H/t9-;/m1./s1. The molecule has 1 rings (SSSR count). The van der Waals surface area contributed by atoms with E-state index in [9.17, 15) is 0 Å². The summed E-state index contributed by atoms with van der Waals surface area (Å²) in [5.41, 5.74) is 6.76. The van der Waals surface area contributed by atoms with Crippen molar-refractivity contribution >= 4 is 28.3 Å². The summed E-state index contributed by atoms with van der Waals surface area (Å²) in [6, 6.07) is 5.54. The van der Waals surface area contributed by atoms with Crippen LogP contribution in [0.15, 0.2) is 35.3 Å². The smallest absolute Gasteiger partial charge is 0.124 e. The molecule has 4 heteroatoms. The van der Waals surface area contributed by atoms with E-state index in [1.807, 2.05) is 18.2 Å². The molecule has 14 heavy (non-hydrogen) atoms. The largest absolute Gasteiger partial charge is 0.496 e. The van der Waals surface area contributed by atoms with Crippen LogP contribution in [0.4, 0.5) is 0 Å². The molecule has 0 amide bonds. The molecule has 0 aliphatic rings. The maximum atomic E-state index is 5.82. The molecule has 0 aromatic heterocycles. The van der Waals surface area contributed by atoms with E-state index >= 15 is 0 Å². The van der Waals surface area contributed by atoms with Crippen LogP contribution in [0.5, 0.6) is 5.75 Å². The predicted octanol–water partition coefficient (Wildman–Crippen LogP) is 3.07. The highest BCUT2D eigenvalue weighted by molar-refractivity contribution is 9.10. The summed E-state index contributed by atoms with van der Waals surface area (Å²) in [5, 5.41) is 0. The molecule has 0 fully saturated rings. The van der Waals surface area contributed by atoms with Gasteiger partial charge in [-0.3, -0.25) is 0 Å². The molecule has 1 aromatic carbocycles. The third-order valence-electron chi connectivity index (χ3n) is 1.80. The highest BCUT2D eigenvalue weighted by atomic mass is 79.9. The normalized spacial score (nSPS) is 11.4. The van der Waals surface area contributed by atoms with E-state index in [1.165, 1.54) is 0 Å². The van der Waals surface area contributed by atoms with Crippen LogP contribution in [0.3, 0.4) is 0 Å². The highest BCUT2D eigenvalue weighted by Crippen LogP contribution is 2.27. The van der Waals surface area contributed by atoms with Crippen molar-refractivity contribution in [3.8, 4) is 5.75 Å². The lowest BCUT2D eigenvalue weighted by Crippen LogP contribution is -2.08. The van der Waals surface area contributed by atoms with Crippen LogP contribution in [0.2, 0.25) is 0 Å². The Bertz CT molecular complexity index is 317. The van der Waals surface area contributed by atoms with E-state index in [2.05, 4.69) is 22.5 Å². The average Bonchev–Trinajstić information content (AvgIpc) is 2.16. The van der Waals surface area contributed by atoms with Crippen molar-refractivity contribution < 1.29 is 4.74 Å². The number of benzene rings is 1. The van der Waals surface area contributed by atoms with Gasteiger partial charge in [0, 0.05) is 10.0 Å². The minimum absolute atomic E-state index is 0. The number of hydrogen-bond acceptors (Lipinski definition) is 2. The van der Waals surface area contributed by atoms with Crippen molar-refractivity contribution in [2.45, 2.75) is 6.04 Å².